The van der Waals surface area contributed by atoms with Gasteiger partial charge in [0.1, 0.15) is 5.75 Å². The molecular weight excluding hydrogens is 220 g/mol. The Morgan fingerprint density at radius 3 is 2.44 bits per heavy atom. The van der Waals surface area contributed by atoms with Crippen molar-refractivity contribution in [3.05, 3.63) is 53.6 Å². The van der Waals surface area contributed by atoms with Crippen LogP contribution in [-0.4, -0.2) is 6.61 Å². The summed E-state index contributed by atoms with van der Waals surface area (Å²) in [6.07, 6.45) is 0. The van der Waals surface area contributed by atoms with E-state index in [1.54, 1.807) is 0 Å². The van der Waals surface area contributed by atoms with Crippen molar-refractivity contribution in [2.24, 2.45) is 0 Å². The molecule has 1 nitrogen and oxygen atoms in total. The van der Waals surface area contributed by atoms with Gasteiger partial charge >= 0.3 is 0 Å². The molecule has 0 spiro atoms. The van der Waals surface area contributed by atoms with Gasteiger partial charge in [0.2, 0.25) is 0 Å². The number of rotatable bonds is 3. The zero-order chi connectivity index (χ0) is 11.4. The summed E-state index contributed by atoms with van der Waals surface area (Å²) in [5.41, 5.74) is 2.11. The monoisotopic (exact) mass is 232 g/mol. The first-order valence-electron chi connectivity index (χ1n) is 5.29. The second-order valence-corrected chi connectivity index (χ2v) is 3.79. The number of halogens is 1. The minimum Gasteiger partial charge on any atom is -0.492 e. The van der Waals surface area contributed by atoms with Crippen LogP contribution in [0.15, 0.2) is 48.5 Å². The van der Waals surface area contributed by atoms with Crippen LogP contribution in [0.1, 0.15) is 6.92 Å². The number of benzene rings is 2. The van der Waals surface area contributed by atoms with Gasteiger partial charge in [0, 0.05) is 5.56 Å². The second kappa shape index (κ2) is 5.04. The van der Waals surface area contributed by atoms with E-state index in [9.17, 15) is 0 Å². The normalized spacial score (nSPS) is 10.1. The van der Waals surface area contributed by atoms with E-state index in [2.05, 4.69) is 0 Å². The van der Waals surface area contributed by atoms with Crippen LogP contribution in [0.2, 0.25) is 5.02 Å². The Hall–Kier alpha value is -1.47. The maximum absolute atomic E-state index is 6.30. The van der Waals surface area contributed by atoms with E-state index in [-0.39, 0.29) is 0 Å². The Bertz CT molecular complexity index is 465. The highest BCUT2D eigenvalue weighted by Crippen LogP contribution is 2.34. The van der Waals surface area contributed by atoms with Gasteiger partial charge in [0.25, 0.3) is 0 Å². The molecule has 0 heterocycles. The maximum atomic E-state index is 6.30. The molecular formula is C14H13ClO. The molecule has 2 aromatic rings. The summed E-state index contributed by atoms with van der Waals surface area (Å²) in [5, 5.41) is 0.676. The molecule has 82 valence electrons. The Balaban J connectivity index is 2.46. The predicted octanol–water partition coefficient (Wildman–Crippen LogP) is 4.41. The molecule has 0 fully saturated rings. The highest BCUT2D eigenvalue weighted by molar-refractivity contribution is 6.34. The second-order valence-electron chi connectivity index (χ2n) is 3.42. The van der Waals surface area contributed by atoms with Gasteiger partial charge in [0.15, 0.2) is 0 Å². The lowest BCUT2D eigenvalue weighted by Crippen LogP contribution is -1.93. The van der Waals surface area contributed by atoms with Crippen LogP contribution >= 0.6 is 11.6 Å². The van der Waals surface area contributed by atoms with Crippen molar-refractivity contribution in [1.29, 1.82) is 0 Å². The third kappa shape index (κ3) is 2.20. The third-order valence-electron chi connectivity index (χ3n) is 2.35. The van der Waals surface area contributed by atoms with Crippen LogP contribution < -0.4 is 4.74 Å². The van der Waals surface area contributed by atoms with Gasteiger partial charge in [-0.05, 0) is 18.6 Å². The maximum Gasteiger partial charge on any atom is 0.138 e. The lowest BCUT2D eigenvalue weighted by Gasteiger charge is -2.09. The van der Waals surface area contributed by atoms with Crippen molar-refractivity contribution in [1.82, 2.24) is 0 Å². The van der Waals surface area contributed by atoms with Crippen molar-refractivity contribution in [2.75, 3.05) is 6.61 Å². The van der Waals surface area contributed by atoms with E-state index in [0.717, 1.165) is 16.9 Å². The predicted molar refractivity (Wildman–Crippen MR) is 68.1 cm³/mol. The molecule has 0 amide bonds. The molecule has 0 saturated carbocycles. The van der Waals surface area contributed by atoms with E-state index >= 15 is 0 Å². The zero-order valence-corrected chi connectivity index (χ0v) is 9.87. The minimum atomic E-state index is 0.623. The summed E-state index contributed by atoms with van der Waals surface area (Å²) in [5.74, 6) is 0.741. The first kappa shape index (κ1) is 11.0. The fourth-order valence-electron chi connectivity index (χ4n) is 1.62. The van der Waals surface area contributed by atoms with E-state index in [4.69, 9.17) is 16.3 Å². The van der Waals surface area contributed by atoms with Gasteiger partial charge in [-0.1, -0.05) is 54.1 Å². The lowest BCUT2D eigenvalue weighted by molar-refractivity contribution is 0.340. The van der Waals surface area contributed by atoms with Crippen LogP contribution in [0.3, 0.4) is 0 Å². The Kier molecular flexibility index (Phi) is 3.47. The van der Waals surface area contributed by atoms with Gasteiger partial charge in [-0.3, -0.25) is 0 Å². The van der Waals surface area contributed by atoms with Gasteiger partial charge in [-0.2, -0.15) is 0 Å². The van der Waals surface area contributed by atoms with Crippen molar-refractivity contribution in [3.8, 4) is 16.9 Å². The standard InChI is InChI=1S/C14H13ClO/c1-2-16-13-10-6-9-12(14(13)15)11-7-4-3-5-8-11/h3-10H,2H2,1H3. The molecule has 0 unspecified atom stereocenters. The summed E-state index contributed by atoms with van der Waals surface area (Å²) in [4.78, 5) is 0. The van der Waals surface area contributed by atoms with Crippen molar-refractivity contribution in [3.63, 3.8) is 0 Å². The number of hydrogen-bond donors (Lipinski definition) is 0. The molecule has 0 bridgehead atoms. The highest BCUT2D eigenvalue weighted by atomic mass is 35.5. The fourth-order valence-corrected chi connectivity index (χ4v) is 1.91. The van der Waals surface area contributed by atoms with Crippen LogP contribution in [-0.2, 0) is 0 Å². The van der Waals surface area contributed by atoms with E-state index in [1.807, 2.05) is 55.5 Å². The molecule has 2 heteroatoms. The average Bonchev–Trinajstić information content (AvgIpc) is 2.33. The number of hydrogen-bond acceptors (Lipinski definition) is 1. The highest BCUT2D eigenvalue weighted by Gasteiger charge is 2.07. The summed E-state index contributed by atoms with van der Waals surface area (Å²) >= 11 is 6.30. The Morgan fingerprint density at radius 1 is 1.00 bits per heavy atom. The Morgan fingerprint density at radius 2 is 1.75 bits per heavy atom. The summed E-state index contributed by atoms with van der Waals surface area (Å²) in [6.45, 7) is 2.57. The molecule has 0 atom stereocenters. The lowest BCUT2D eigenvalue weighted by atomic mass is 10.1. The molecule has 0 aromatic heterocycles. The summed E-state index contributed by atoms with van der Waals surface area (Å²) in [7, 11) is 0. The molecule has 0 aliphatic heterocycles. The average molecular weight is 233 g/mol. The first-order valence-corrected chi connectivity index (χ1v) is 5.67. The molecule has 0 aliphatic rings. The van der Waals surface area contributed by atoms with Crippen LogP contribution in [0, 0.1) is 0 Å². The van der Waals surface area contributed by atoms with E-state index in [0.29, 0.717) is 11.6 Å². The van der Waals surface area contributed by atoms with Gasteiger partial charge in [0.05, 0.1) is 11.6 Å². The smallest absolute Gasteiger partial charge is 0.138 e. The SMILES string of the molecule is CCOc1cccc(-c2ccccc2)c1Cl. The van der Waals surface area contributed by atoms with Gasteiger partial charge in [-0.25, -0.2) is 0 Å². The van der Waals surface area contributed by atoms with Crippen LogP contribution in [0.5, 0.6) is 5.75 Å². The van der Waals surface area contributed by atoms with Crippen molar-refractivity contribution < 1.29 is 4.74 Å². The molecule has 2 aromatic carbocycles. The topological polar surface area (TPSA) is 9.23 Å². The molecule has 16 heavy (non-hydrogen) atoms. The summed E-state index contributed by atoms with van der Waals surface area (Å²) in [6, 6.07) is 15.9. The minimum absolute atomic E-state index is 0.623. The van der Waals surface area contributed by atoms with Crippen molar-refractivity contribution in [2.45, 2.75) is 6.92 Å². The quantitative estimate of drug-likeness (QED) is 0.762. The Labute approximate surface area is 101 Å². The summed E-state index contributed by atoms with van der Waals surface area (Å²) < 4.78 is 5.47. The molecule has 0 aliphatic carbocycles. The van der Waals surface area contributed by atoms with E-state index < -0.39 is 0 Å². The zero-order valence-electron chi connectivity index (χ0n) is 9.11. The molecule has 2 rings (SSSR count). The van der Waals surface area contributed by atoms with Gasteiger partial charge < -0.3 is 4.74 Å². The molecule has 0 N–H and O–H groups in total. The molecule has 0 saturated heterocycles. The largest absolute Gasteiger partial charge is 0.492 e. The van der Waals surface area contributed by atoms with Crippen LogP contribution in [0.25, 0.3) is 11.1 Å². The fraction of sp³-hybridized carbons (Fsp3) is 0.143. The molecule has 0 radical (unpaired) electrons. The number of ether oxygens (including phenoxy) is 1. The first-order chi connectivity index (χ1) is 7.83. The van der Waals surface area contributed by atoms with Crippen molar-refractivity contribution >= 4 is 11.6 Å². The van der Waals surface area contributed by atoms with E-state index in [1.165, 1.54) is 0 Å². The van der Waals surface area contributed by atoms with Gasteiger partial charge in [-0.15, -0.1) is 0 Å². The van der Waals surface area contributed by atoms with Crippen LogP contribution in [0.4, 0.5) is 0 Å². The third-order valence-corrected chi connectivity index (χ3v) is 2.74.